The van der Waals surface area contributed by atoms with E-state index in [0.717, 1.165) is 50.2 Å². The first-order chi connectivity index (χ1) is 46.9. The highest BCUT2D eigenvalue weighted by Gasteiger charge is 2.44. The Hall–Kier alpha value is -9.91. The lowest BCUT2D eigenvalue weighted by atomic mass is 9.34. The number of aromatic nitrogens is 5. The molecule has 0 bridgehead atoms. The van der Waals surface area contributed by atoms with Crippen LogP contribution in [0.2, 0.25) is 0 Å². The van der Waals surface area contributed by atoms with Gasteiger partial charge in [-0.2, -0.15) is 0 Å². The van der Waals surface area contributed by atoms with Crippen LogP contribution in [0.5, 0.6) is 0 Å². The average Bonchev–Trinajstić information content (AvgIpc) is 1.52. The van der Waals surface area contributed by atoms with Crippen molar-refractivity contribution in [2.45, 2.75) is 157 Å². The van der Waals surface area contributed by atoms with Gasteiger partial charge in [0, 0.05) is 60.6 Å². The summed E-state index contributed by atoms with van der Waals surface area (Å²) in [5, 5.41) is 5.10. The van der Waals surface area contributed by atoms with Gasteiger partial charge in [-0.15, -0.1) is 0 Å². The van der Waals surface area contributed by atoms with Gasteiger partial charge in [0.1, 0.15) is 0 Å². The predicted molar refractivity (Wildman–Crippen MR) is 423 cm³/mol. The van der Waals surface area contributed by atoms with E-state index in [1.807, 2.05) is 0 Å². The Balaban J connectivity index is 1.13. The summed E-state index contributed by atoms with van der Waals surface area (Å²) in [6, 6.07) is 83.2. The largest absolute Gasteiger partial charge is 0.310 e. The molecule has 0 amide bonds. The first-order valence-corrected chi connectivity index (χ1v) is 35.7. The lowest BCUT2D eigenvalue weighted by Gasteiger charge is -2.35. The van der Waals surface area contributed by atoms with E-state index in [-0.39, 0.29) is 39.2 Å². The highest BCUT2D eigenvalue weighted by Crippen LogP contribution is 2.51. The molecular formula is C93H90BN5. The van der Waals surface area contributed by atoms with E-state index in [9.17, 15) is 0 Å². The normalized spacial score (nSPS) is 13.3. The Morgan fingerprint density at radius 3 is 0.869 bits per heavy atom. The van der Waals surface area contributed by atoms with Crippen molar-refractivity contribution in [1.29, 1.82) is 0 Å². The Bertz CT molecular complexity index is 5220. The molecular weight excluding hydrogens is 1200 g/mol. The van der Waals surface area contributed by atoms with Crippen molar-refractivity contribution in [3.8, 4) is 90.0 Å². The first kappa shape index (κ1) is 63.8. The summed E-state index contributed by atoms with van der Waals surface area (Å²) >= 11 is 0. The summed E-state index contributed by atoms with van der Waals surface area (Å²) in [6.45, 7) is 41.9. The van der Waals surface area contributed by atoms with Gasteiger partial charge in [0.05, 0.1) is 11.0 Å². The van der Waals surface area contributed by atoms with Crippen LogP contribution in [-0.4, -0.2) is 30.8 Å². The van der Waals surface area contributed by atoms with Crippen LogP contribution in [0.4, 0.5) is 0 Å². The standard InChI is InChI=1S/C93H90BN5/c1-88(2,3)64-43-61(44-65(53-64)89(4,5)6)85-95-86(62-45-66(90(7,8)9)54-67(46-62)91(10,11)12)97-87(96-85)63-51-76-82-77(52-63)99-75-50-60(56-33-25-20-26-34-56)48-69(58-37-29-22-30-38-58)79(75)81-71(93(16,17)18)40-42-73(84(81)99)94(82)72-41-39-70(92(13,14)15)80-78-68(57-35-27-21-28-36-57)47-59(55-31-23-19-24-32-55)49-74(78)98(76)83(72)80/h19-54H,1-18H3. The van der Waals surface area contributed by atoms with E-state index in [2.05, 4.69) is 352 Å². The lowest BCUT2D eigenvalue weighted by Crippen LogP contribution is -2.59. The molecule has 16 rings (SSSR count). The molecule has 490 valence electrons. The third-order valence-electron chi connectivity index (χ3n) is 21.4. The number of fused-ring (bicyclic) bond motifs is 10. The molecule has 0 saturated heterocycles. The Labute approximate surface area is 586 Å². The maximum Gasteiger partial charge on any atom is 0.252 e. The van der Waals surface area contributed by atoms with Gasteiger partial charge in [0.15, 0.2) is 17.5 Å². The average molecular weight is 1290 g/mol. The molecule has 0 fully saturated rings. The Morgan fingerprint density at radius 2 is 0.566 bits per heavy atom. The molecule has 0 unspecified atom stereocenters. The zero-order valence-electron chi connectivity index (χ0n) is 61.1. The zero-order chi connectivity index (χ0) is 69.4. The fraction of sp³-hybridized carbons (Fsp3) is 0.258. The molecule has 5 heterocycles. The van der Waals surface area contributed by atoms with Crippen molar-refractivity contribution in [3.05, 3.63) is 252 Å². The summed E-state index contributed by atoms with van der Waals surface area (Å²) in [6.07, 6.45) is 0. The SMILES string of the molecule is CC(C)(C)c1cc(-c2nc(-c3cc(C(C)(C)C)cc(C(C)(C)C)c3)nc(-c3cc4c5c(c3)-n3c6cc(-c7ccccc7)cc(-c7ccccc7)c6c6c(C(C)(C)C)ccc(c63)B5c3ccc(C(C)(C)C)c5c6c(-c7ccccc7)cc(-c7ccccc7)cc6n-4c35)n2)cc(C(C)(C)C)c1. The quantitative estimate of drug-likeness (QED) is 0.149. The van der Waals surface area contributed by atoms with Gasteiger partial charge in [-0.05, 0) is 187 Å². The number of nitrogens with zero attached hydrogens (tertiary/aromatic N) is 5. The maximum atomic E-state index is 5.90. The van der Waals surface area contributed by atoms with E-state index in [1.54, 1.807) is 0 Å². The van der Waals surface area contributed by atoms with Crippen molar-refractivity contribution in [3.63, 3.8) is 0 Å². The Kier molecular flexibility index (Phi) is 14.4. The minimum Gasteiger partial charge on any atom is -0.310 e. The minimum absolute atomic E-state index is 0.154. The fourth-order valence-corrected chi connectivity index (χ4v) is 16.0. The Morgan fingerprint density at radius 1 is 0.263 bits per heavy atom. The molecule has 3 aromatic heterocycles. The number of benzene rings is 11. The van der Waals surface area contributed by atoms with Gasteiger partial charge >= 0.3 is 0 Å². The highest BCUT2D eigenvalue weighted by atomic mass is 15.1. The van der Waals surface area contributed by atoms with Gasteiger partial charge in [0.2, 0.25) is 0 Å². The summed E-state index contributed by atoms with van der Waals surface area (Å²) < 4.78 is 5.37. The zero-order valence-corrected chi connectivity index (χ0v) is 61.1. The van der Waals surface area contributed by atoms with Crippen LogP contribution in [0.25, 0.3) is 134 Å². The van der Waals surface area contributed by atoms with E-state index in [1.165, 1.54) is 116 Å². The van der Waals surface area contributed by atoms with Crippen LogP contribution < -0.4 is 16.4 Å². The molecule has 0 N–H and O–H groups in total. The van der Waals surface area contributed by atoms with E-state index < -0.39 is 0 Å². The van der Waals surface area contributed by atoms with Gasteiger partial charge in [-0.1, -0.05) is 282 Å². The third-order valence-corrected chi connectivity index (χ3v) is 21.4. The summed E-state index contributed by atoms with van der Waals surface area (Å²) in [7, 11) is 0. The molecule has 0 radical (unpaired) electrons. The van der Waals surface area contributed by atoms with Gasteiger partial charge in [-0.25, -0.2) is 15.0 Å². The van der Waals surface area contributed by atoms with Crippen molar-refractivity contribution in [2.75, 3.05) is 0 Å². The van der Waals surface area contributed by atoms with Gasteiger partial charge in [0.25, 0.3) is 6.71 Å². The summed E-state index contributed by atoms with van der Waals surface area (Å²) in [5.74, 6) is 1.92. The fourth-order valence-electron chi connectivity index (χ4n) is 16.0. The van der Waals surface area contributed by atoms with Crippen LogP contribution in [0.3, 0.4) is 0 Å². The molecule has 14 aromatic rings. The third kappa shape index (κ3) is 10.6. The second-order valence-corrected chi connectivity index (χ2v) is 34.6. The maximum absolute atomic E-state index is 5.90. The van der Waals surface area contributed by atoms with E-state index in [0.29, 0.717) is 17.5 Å². The molecule has 5 nitrogen and oxygen atoms in total. The lowest BCUT2D eigenvalue weighted by molar-refractivity contribution is 0.568. The second-order valence-electron chi connectivity index (χ2n) is 34.6. The van der Waals surface area contributed by atoms with Crippen LogP contribution in [0.1, 0.15) is 158 Å². The molecule has 0 saturated carbocycles. The number of rotatable bonds is 7. The minimum atomic E-state index is -0.228. The smallest absolute Gasteiger partial charge is 0.252 e. The van der Waals surface area contributed by atoms with Gasteiger partial charge in [-0.3, -0.25) is 0 Å². The highest BCUT2D eigenvalue weighted by molar-refractivity contribution is 7.00. The first-order valence-electron chi connectivity index (χ1n) is 35.7. The van der Waals surface area contributed by atoms with Crippen molar-refractivity contribution >= 4 is 66.7 Å². The molecule has 11 aromatic carbocycles. The van der Waals surface area contributed by atoms with Crippen molar-refractivity contribution < 1.29 is 0 Å². The van der Waals surface area contributed by atoms with E-state index in [4.69, 9.17) is 15.0 Å². The molecule has 0 aliphatic carbocycles. The van der Waals surface area contributed by atoms with E-state index >= 15 is 0 Å². The van der Waals surface area contributed by atoms with Gasteiger partial charge < -0.3 is 9.13 Å². The van der Waals surface area contributed by atoms with Crippen molar-refractivity contribution in [1.82, 2.24) is 24.1 Å². The molecule has 0 spiro atoms. The van der Waals surface area contributed by atoms with Crippen LogP contribution in [0, 0.1) is 0 Å². The molecule has 2 aliphatic heterocycles. The monoisotopic (exact) mass is 1290 g/mol. The van der Waals surface area contributed by atoms with Crippen LogP contribution in [-0.2, 0) is 32.5 Å². The van der Waals surface area contributed by atoms with Crippen molar-refractivity contribution in [2.24, 2.45) is 0 Å². The summed E-state index contributed by atoms with van der Waals surface area (Å²) in [4.78, 5) is 17.5. The predicted octanol–water partition coefficient (Wildman–Crippen LogP) is 22.7. The van der Waals surface area contributed by atoms with Crippen LogP contribution >= 0.6 is 0 Å². The molecule has 99 heavy (non-hydrogen) atoms. The molecule has 2 aliphatic rings. The van der Waals surface area contributed by atoms with Crippen LogP contribution in [0.15, 0.2) is 218 Å². The summed E-state index contributed by atoms with van der Waals surface area (Å²) in [5.41, 5.74) is 29.8. The topological polar surface area (TPSA) is 48.5 Å². The molecule has 6 heteroatoms. The number of hydrogen-bond acceptors (Lipinski definition) is 3. The second kappa shape index (κ2) is 22.3. The molecule has 0 atom stereocenters. The number of hydrogen-bond donors (Lipinski definition) is 0.